The molecule has 2 N–H and O–H groups in total. The minimum atomic E-state index is -1.46. The number of Topliss-reactive ketones (excluding diaryl/α,β-unsaturated/α-hetero) is 1. The molecule has 8 nitrogen and oxygen atoms in total. The van der Waals surface area contributed by atoms with Crippen molar-refractivity contribution in [2.75, 3.05) is 18.1 Å². The molecule has 0 spiro atoms. The van der Waals surface area contributed by atoms with Crippen LogP contribution in [-0.4, -0.2) is 47.2 Å². The molecule has 0 bridgehead atoms. The Labute approximate surface area is 148 Å². The zero-order valence-corrected chi connectivity index (χ0v) is 13.5. The summed E-state index contributed by atoms with van der Waals surface area (Å²) < 4.78 is 4.72. The molecule has 0 aliphatic heterocycles. The zero-order chi connectivity index (χ0) is 19.1. The molecule has 0 aliphatic rings. The molecule has 2 rings (SSSR count). The van der Waals surface area contributed by atoms with Gasteiger partial charge in [-0.15, -0.1) is 0 Å². The Morgan fingerprint density at radius 2 is 1.42 bits per heavy atom. The van der Waals surface area contributed by atoms with E-state index in [1.165, 1.54) is 36.4 Å². The van der Waals surface area contributed by atoms with Gasteiger partial charge in [0.1, 0.15) is 13.2 Å². The number of aliphatic carboxylic acids is 1. The lowest BCUT2D eigenvalue weighted by atomic mass is 10.1. The first-order chi connectivity index (χ1) is 12.4. The van der Waals surface area contributed by atoms with Gasteiger partial charge in [-0.25, -0.2) is 14.5 Å². The molecule has 0 saturated carbocycles. The van der Waals surface area contributed by atoms with E-state index in [4.69, 9.17) is 9.84 Å². The van der Waals surface area contributed by atoms with E-state index < -0.39 is 37.0 Å². The number of rotatable bonds is 7. The van der Waals surface area contributed by atoms with Crippen LogP contribution in [0.5, 0.6) is 0 Å². The quantitative estimate of drug-likeness (QED) is 0.729. The van der Waals surface area contributed by atoms with Crippen LogP contribution in [0.3, 0.4) is 0 Å². The SMILES string of the molecule is O=C(O)COCC(=O)c1ccc(N(C(=O)O)C(=O)c2ccccc2)cc1. The molecular weight excluding hydrogens is 342 g/mol. The molecule has 0 fully saturated rings. The molecule has 0 heterocycles. The first kappa shape index (κ1) is 18.8. The fourth-order valence-electron chi connectivity index (χ4n) is 2.14. The normalized spacial score (nSPS) is 10.2. The maximum absolute atomic E-state index is 12.4. The number of hydrogen-bond acceptors (Lipinski definition) is 5. The number of ketones is 1. The number of nitrogens with zero attached hydrogens (tertiary/aromatic N) is 1. The highest BCUT2D eigenvalue weighted by molar-refractivity contribution is 6.18. The second-order valence-corrected chi connectivity index (χ2v) is 5.15. The fraction of sp³-hybridized carbons (Fsp3) is 0.111. The van der Waals surface area contributed by atoms with Crippen molar-refractivity contribution in [1.82, 2.24) is 0 Å². The molecule has 134 valence electrons. The summed E-state index contributed by atoms with van der Waals surface area (Å²) in [5.41, 5.74) is 0.489. The number of hydrogen-bond donors (Lipinski definition) is 2. The first-order valence-electron chi connectivity index (χ1n) is 7.45. The summed E-state index contributed by atoms with van der Waals surface area (Å²) in [5.74, 6) is -2.37. The summed E-state index contributed by atoms with van der Waals surface area (Å²) in [5, 5.41) is 17.8. The highest BCUT2D eigenvalue weighted by Crippen LogP contribution is 2.19. The molecule has 2 amide bonds. The van der Waals surface area contributed by atoms with E-state index in [2.05, 4.69) is 0 Å². The third-order valence-corrected chi connectivity index (χ3v) is 3.32. The highest BCUT2D eigenvalue weighted by atomic mass is 16.5. The molecule has 0 aliphatic carbocycles. The Morgan fingerprint density at radius 1 is 0.808 bits per heavy atom. The maximum atomic E-state index is 12.4. The second-order valence-electron chi connectivity index (χ2n) is 5.15. The van der Waals surface area contributed by atoms with Crippen molar-refractivity contribution in [3.8, 4) is 0 Å². The van der Waals surface area contributed by atoms with Crippen molar-refractivity contribution in [3.63, 3.8) is 0 Å². The van der Waals surface area contributed by atoms with Crippen LogP contribution in [0.25, 0.3) is 0 Å². The van der Waals surface area contributed by atoms with Crippen LogP contribution < -0.4 is 4.90 Å². The summed E-state index contributed by atoms with van der Waals surface area (Å²) in [6, 6.07) is 13.3. The standard InChI is InChI=1S/C18H15NO7/c20-15(10-26-11-16(21)22)12-6-8-14(9-7-12)19(18(24)25)17(23)13-4-2-1-3-5-13/h1-9H,10-11H2,(H,21,22)(H,24,25). The minimum Gasteiger partial charge on any atom is -0.480 e. The molecule has 8 heteroatoms. The third-order valence-electron chi connectivity index (χ3n) is 3.32. The molecule has 0 aromatic heterocycles. The van der Waals surface area contributed by atoms with Gasteiger partial charge in [-0.1, -0.05) is 18.2 Å². The van der Waals surface area contributed by atoms with Crippen LogP contribution in [0.15, 0.2) is 54.6 Å². The summed E-state index contributed by atoms with van der Waals surface area (Å²) in [7, 11) is 0. The van der Waals surface area contributed by atoms with Gasteiger partial charge in [0.2, 0.25) is 0 Å². The monoisotopic (exact) mass is 357 g/mol. The van der Waals surface area contributed by atoms with Crippen LogP contribution in [0.4, 0.5) is 10.5 Å². The summed E-state index contributed by atoms with van der Waals surface area (Å²) in [6.07, 6.45) is -1.46. The molecule has 0 saturated heterocycles. The smallest absolute Gasteiger partial charge is 0.419 e. The summed E-state index contributed by atoms with van der Waals surface area (Å²) >= 11 is 0. The molecule has 0 unspecified atom stereocenters. The Morgan fingerprint density at radius 3 is 1.96 bits per heavy atom. The van der Waals surface area contributed by atoms with Crippen LogP contribution in [0.2, 0.25) is 0 Å². The van der Waals surface area contributed by atoms with Crippen molar-refractivity contribution in [2.45, 2.75) is 0 Å². The van der Waals surface area contributed by atoms with Gasteiger partial charge in [0, 0.05) is 11.1 Å². The highest BCUT2D eigenvalue weighted by Gasteiger charge is 2.24. The Kier molecular flexibility index (Phi) is 6.18. The van der Waals surface area contributed by atoms with E-state index in [1.54, 1.807) is 18.2 Å². The van der Waals surface area contributed by atoms with E-state index in [0.29, 0.717) is 4.90 Å². The van der Waals surface area contributed by atoms with E-state index in [9.17, 15) is 24.3 Å². The predicted molar refractivity (Wildman–Crippen MR) is 90.5 cm³/mol. The Bertz CT molecular complexity index is 815. The fourth-order valence-corrected chi connectivity index (χ4v) is 2.14. The Hall–Kier alpha value is -3.52. The van der Waals surface area contributed by atoms with Gasteiger partial charge in [0.15, 0.2) is 5.78 Å². The van der Waals surface area contributed by atoms with E-state index >= 15 is 0 Å². The van der Waals surface area contributed by atoms with Crippen molar-refractivity contribution in [2.24, 2.45) is 0 Å². The summed E-state index contributed by atoms with van der Waals surface area (Å²) in [4.78, 5) is 46.7. The van der Waals surface area contributed by atoms with Crippen molar-refractivity contribution >= 4 is 29.4 Å². The largest absolute Gasteiger partial charge is 0.480 e. The minimum absolute atomic E-state index is 0.0781. The second kappa shape index (κ2) is 8.54. The van der Waals surface area contributed by atoms with Gasteiger partial charge in [-0.2, -0.15) is 0 Å². The zero-order valence-electron chi connectivity index (χ0n) is 13.5. The number of carboxylic acids is 1. The number of carbonyl (C=O) groups excluding carboxylic acids is 2. The van der Waals surface area contributed by atoms with Crippen molar-refractivity contribution in [3.05, 3.63) is 65.7 Å². The number of amides is 2. The van der Waals surface area contributed by atoms with Gasteiger partial charge in [0.25, 0.3) is 5.91 Å². The number of carboxylic acid groups (broad SMARTS) is 2. The first-order valence-corrected chi connectivity index (χ1v) is 7.45. The van der Waals surface area contributed by atoms with Crippen molar-refractivity contribution in [1.29, 1.82) is 0 Å². The van der Waals surface area contributed by atoms with Crippen LogP contribution in [0.1, 0.15) is 20.7 Å². The van der Waals surface area contributed by atoms with E-state index in [1.807, 2.05) is 0 Å². The van der Waals surface area contributed by atoms with Gasteiger partial charge in [0.05, 0.1) is 5.69 Å². The number of imide groups is 1. The van der Waals surface area contributed by atoms with Gasteiger partial charge >= 0.3 is 12.1 Å². The lowest BCUT2D eigenvalue weighted by molar-refractivity contribution is -0.141. The maximum Gasteiger partial charge on any atom is 0.419 e. The number of carbonyl (C=O) groups is 4. The average Bonchev–Trinajstić information content (AvgIpc) is 2.62. The summed E-state index contributed by atoms with van der Waals surface area (Å²) in [6.45, 7) is -1.01. The molecule has 0 radical (unpaired) electrons. The third kappa shape index (κ3) is 4.74. The van der Waals surface area contributed by atoms with Crippen LogP contribution >= 0.6 is 0 Å². The number of anilines is 1. The van der Waals surface area contributed by atoms with E-state index in [-0.39, 0.29) is 16.8 Å². The molecule has 0 atom stereocenters. The van der Waals surface area contributed by atoms with Gasteiger partial charge in [-0.3, -0.25) is 9.59 Å². The Balaban J connectivity index is 2.16. The number of benzene rings is 2. The average molecular weight is 357 g/mol. The van der Waals surface area contributed by atoms with Gasteiger partial charge < -0.3 is 14.9 Å². The van der Waals surface area contributed by atoms with E-state index in [0.717, 1.165) is 0 Å². The lowest BCUT2D eigenvalue weighted by Gasteiger charge is -2.17. The van der Waals surface area contributed by atoms with Crippen molar-refractivity contribution < 1.29 is 34.1 Å². The molecule has 26 heavy (non-hydrogen) atoms. The number of ether oxygens (including phenoxy) is 1. The topological polar surface area (TPSA) is 121 Å². The van der Waals surface area contributed by atoms with Gasteiger partial charge in [-0.05, 0) is 36.4 Å². The van der Waals surface area contributed by atoms with Crippen LogP contribution in [-0.2, 0) is 9.53 Å². The molecule has 2 aromatic rings. The molecule has 2 aromatic carbocycles. The lowest BCUT2D eigenvalue weighted by Crippen LogP contribution is -2.35. The predicted octanol–water partition coefficient (Wildman–Crippen LogP) is 2.30. The molecular formula is C18H15NO7. The van der Waals surface area contributed by atoms with Crippen LogP contribution in [0, 0.1) is 0 Å².